The van der Waals surface area contributed by atoms with Gasteiger partial charge in [0.2, 0.25) is 0 Å². The van der Waals surface area contributed by atoms with Crippen LogP contribution in [0.5, 0.6) is 0 Å². The Kier molecular flexibility index (Phi) is 5.10. The van der Waals surface area contributed by atoms with E-state index in [1.807, 2.05) is 18.2 Å². The summed E-state index contributed by atoms with van der Waals surface area (Å²) in [6.07, 6.45) is 0.787. The van der Waals surface area contributed by atoms with Gasteiger partial charge in [-0.3, -0.25) is 4.90 Å². The lowest BCUT2D eigenvalue weighted by Crippen LogP contribution is -2.48. The maximum Gasteiger partial charge on any atom is 0.279 e. The molecule has 0 radical (unpaired) electrons. The highest BCUT2D eigenvalue weighted by Crippen LogP contribution is 2.20. The molecule has 0 saturated carbocycles. The molecule has 2 heterocycles. The van der Waals surface area contributed by atoms with Crippen molar-refractivity contribution >= 4 is 10.2 Å². The molecule has 2 N–H and O–H groups in total. The fourth-order valence-electron chi connectivity index (χ4n) is 3.03. The number of rotatable bonds is 5. The Balaban J connectivity index is 1.52. The summed E-state index contributed by atoms with van der Waals surface area (Å²) >= 11 is 0. The van der Waals surface area contributed by atoms with Gasteiger partial charge in [-0.25, -0.2) is 4.72 Å². The third-order valence-electron chi connectivity index (χ3n) is 4.36. The van der Waals surface area contributed by atoms with E-state index in [1.54, 1.807) is 4.31 Å². The Labute approximate surface area is 132 Å². The third-order valence-corrected chi connectivity index (χ3v) is 5.92. The van der Waals surface area contributed by atoms with Gasteiger partial charge < -0.3 is 5.32 Å². The van der Waals surface area contributed by atoms with Crippen LogP contribution in [0.1, 0.15) is 11.1 Å². The van der Waals surface area contributed by atoms with Crippen molar-refractivity contribution in [2.75, 3.05) is 45.8 Å². The Morgan fingerprint density at radius 2 is 1.82 bits per heavy atom. The molecular formula is C15H24N4O2S. The molecule has 0 unspecified atom stereocenters. The second-order valence-electron chi connectivity index (χ2n) is 5.84. The highest BCUT2D eigenvalue weighted by molar-refractivity contribution is 7.87. The Morgan fingerprint density at radius 3 is 2.59 bits per heavy atom. The fraction of sp³-hybridized carbons (Fsp3) is 0.600. The molecule has 0 bridgehead atoms. The van der Waals surface area contributed by atoms with Crippen LogP contribution in [0.4, 0.5) is 0 Å². The Hall–Kier alpha value is -0.990. The Bertz CT molecular complexity index is 599. The molecule has 7 heteroatoms. The van der Waals surface area contributed by atoms with Crippen LogP contribution in [-0.4, -0.2) is 63.4 Å². The molecule has 1 saturated heterocycles. The number of nitrogens with one attached hydrogen (secondary N) is 2. The van der Waals surface area contributed by atoms with E-state index in [2.05, 4.69) is 21.0 Å². The van der Waals surface area contributed by atoms with Gasteiger partial charge in [0.05, 0.1) is 0 Å². The molecular weight excluding hydrogens is 300 g/mol. The first-order valence-electron chi connectivity index (χ1n) is 7.90. The molecule has 1 aromatic carbocycles. The van der Waals surface area contributed by atoms with E-state index >= 15 is 0 Å². The standard InChI is InChI=1S/C15H24N4O2S/c20-22(21,17-8-12-18-10-6-16-7-11-18)19-9-5-14-3-1-2-4-15(14)13-19/h1-4,16-17H,5-13H2. The molecule has 3 rings (SSSR count). The van der Waals surface area contributed by atoms with Crippen molar-refractivity contribution in [2.45, 2.75) is 13.0 Å². The van der Waals surface area contributed by atoms with Gasteiger partial charge in [0.15, 0.2) is 0 Å². The highest BCUT2D eigenvalue weighted by atomic mass is 32.2. The van der Waals surface area contributed by atoms with Crippen molar-refractivity contribution in [3.8, 4) is 0 Å². The summed E-state index contributed by atoms with van der Waals surface area (Å²) in [6.45, 7) is 6.20. The lowest BCUT2D eigenvalue weighted by atomic mass is 10.0. The van der Waals surface area contributed by atoms with E-state index in [9.17, 15) is 8.42 Å². The van der Waals surface area contributed by atoms with Gasteiger partial charge in [0, 0.05) is 52.4 Å². The topological polar surface area (TPSA) is 64.7 Å². The van der Waals surface area contributed by atoms with Gasteiger partial charge in [-0.1, -0.05) is 24.3 Å². The van der Waals surface area contributed by atoms with Crippen LogP contribution in [0.15, 0.2) is 24.3 Å². The second-order valence-corrected chi connectivity index (χ2v) is 7.60. The van der Waals surface area contributed by atoms with Crippen LogP contribution in [0.2, 0.25) is 0 Å². The number of nitrogens with zero attached hydrogens (tertiary/aromatic N) is 2. The van der Waals surface area contributed by atoms with Crippen LogP contribution in [-0.2, 0) is 23.2 Å². The number of benzene rings is 1. The minimum atomic E-state index is -3.39. The summed E-state index contributed by atoms with van der Waals surface area (Å²) in [5.41, 5.74) is 2.37. The van der Waals surface area contributed by atoms with Gasteiger partial charge >= 0.3 is 0 Å². The number of fused-ring (bicyclic) bond motifs is 1. The highest BCUT2D eigenvalue weighted by Gasteiger charge is 2.26. The zero-order valence-electron chi connectivity index (χ0n) is 12.8. The predicted octanol–water partition coefficient (Wildman–Crippen LogP) is -0.216. The monoisotopic (exact) mass is 324 g/mol. The van der Waals surface area contributed by atoms with Crippen molar-refractivity contribution in [3.05, 3.63) is 35.4 Å². The Morgan fingerprint density at radius 1 is 1.09 bits per heavy atom. The summed E-state index contributed by atoms with van der Waals surface area (Å²) in [4.78, 5) is 2.28. The van der Waals surface area contributed by atoms with Crippen LogP contribution >= 0.6 is 0 Å². The summed E-state index contributed by atoms with van der Waals surface area (Å²) in [6, 6.07) is 8.07. The van der Waals surface area contributed by atoms with Gasteiger partial charge in [0.1, 0.15) is 0 Å². The SMILES string of the molecule is O=S(=O)(NCCN1CCNCC1)N1CCc2ccccc2C1. The molecule has 2 aliphatic heterocycles. The smallest absolute Gasteiger partial charge is 0.279 e. The van der Waals surface area contributed by atoms with E-state index in [-0.39, 0.29) is 0 Å². The molecule has 0 spiro atoms. The molecule has 6 nitrogen and oxygen atoms in total. The normalized spacial score (nSPS) is 20.7. The van der Waals surface area contributed by atoms with E-state index in [0.717, 1.165) is 44.7 Å². The summed E-state index contributed by atoms with van der Waals surface area (Å²) < 4.78 is 29.1. The largest absolute Gasteiger partial charge is 0.314 e. The van der Waals surface area contributed by atoms with E-state index in [4.69, 9.17) is 0 Å². The van der Waals surface area contributed by atoms with Crippen LogP contribution < -0.4 is 10.0 Å². The third kappa shape index (κ3) is 3.85. The second kappa shape index (κ2) is 7.06. The average molecular weight is 324 g/mol. The maximum atomic E-state index is 12.4. The van der Waals surface area contributed by atoms with Crippen LogP contribution in [0.25, 0.3) is 0 Å². The van der Waals surface area contributed by atoms with Gasteiger partial charge in [-0.05, 0) is 17.5 Å². The zero-order chi connectivity index (χ0) is 15.4. The molecule has 1 fully saturated rings. The van der Waals surface area contributed by atoms with E-state index in [1.165, 1.54) is 5.56 Å². The quantitative estimate of drug-likeness (QED) is 0.786. The minimum Gasteiger partial charge on any atom is -0.314 e. The first kappa shape index (κ1) is 15.9. The first-order chi connectivity index (χ1) is 10.6. The first-order valence-corrected chi connectivity index (χ1v) is 9.34. The lowest BCUT2D eigenvalue weighted by molar-refractivity contribution is 0.244. The lowest BCUT2D eigenvalue weighted by Gasteiger charge is -2.30. The number of piperazine rings is 1. The van der Waals surface area contributed by atoms with Crippen LogP contribution in [0.3, 0.4) is 0 Å². The van der Waals surface area contributed by atoms with Crippen molar-refractivity contribution in [1.29, 1.82) is 0 Å². The molecule has 122 valence electrons. The van der Waals surface area contributed by atoms with E-state index in [0.29, 0.717) is 19.6 Å². The molecule has 1 aromatic rings. The molecule has 0 aromatic heterocycles. The van der Waals surface area contributed by atoms with Gasteiger partial charge in [0.25, 0.3) is 10.2 Å². The molecule has 0 aliphatic carbocycles. The minimum absolute atomic E-state index is 0.471. The average Bonchev–Trinajstić information content (AvgIpc) is 2.55. The summed E-state index contributed by atoms with van der Waals surface area (Å²) in [5, 5.41) is 3.29. The number of hydrogen-bond acceptors (Lipinski definition) is 4. The fourth-order valence-corrected chi connectivity index (χ4v) is 4.21. The maximum absolute atomic E-state index is 12.4. The van der Waals surface area contributed by atoms with Crippen molar-refractivity contribution < 1.29 is 8.42 Å². The van der Waals surface area contributed by atoms with Crippen molar-refractivity contribution in [1.82, 2.24) is 19.2 Å². The van der Waals surface area contributed by atoms with Crippen LogP contribution in [0, 0.1) is 0 Å². The predicted molar refractivity (Wildman–Crippen MR) is 86.8 cm³/mol. The summed E-state index contributed by atoms with van der Waals surface area (Å²) in [5.74, 6) is 0. The van der Waals surface area contributed by atoms with Gasteiger partial charge in [-0.15, -0.1) is 0 Å². The molecule has 2 aliphatic rings. The molecule has 0 amide bonds. The number of hydrogen-bond donors (Lipinski definition) is 2. The van der Waals surface area contributed by atoms with Crippen molar-refractivity contribution in [3.63, 3.8) is 0 Å². The molecule has 0 atom stereocenters. The molecule has 22 heavy (non-hydrogen) atoms. The van der Waals surface area contributed by atoms with Gasteiger partial charge in [-0.2, -0.15) is 12.7 Å². The van der Waals surface area contributed by atoms with E-state index < -0.39 is 10.2 Å². The summed E-state index contributed by atoms with van der Waals surface area (Å²) in [7, 11) is -3.39. The van der Waals surface area contributed by atoms with Crippen molar-refractivity contribution in [2.24, 2.45) is 0 Å². The zero-order valence-corrected chi connectivity index (χ0v) is 13.6.